The number of phenolic OH excluding ortho intramolecular Hbond substituents is 1. The van der Waals surface area contributed by atoms with Crippen molar-refractivity contribution in [2.24, 2.45) is 5.92 Å². The Bertz CT molecular complexity index is 1000. The largest absolute Gasteiger partial charge is 0.508 e. The maximum Gasteiger partial charge on any atom is 0.349 e. The molecule has 2 aromatic carbocycles. The van der Waals surface area contributed by atoms with E-state index in [9.17, 15) is 9.90 Å². The van der Waals surface area contributed by atoms with Crippen LogP contribution in [0, 0.1) is 18.3 Å². The third kappa shape index (κ3) is 8.12. The highest BCUT2D eigenvalue weighted by molar-refractivity contribution is 6.33. The highest BCUT2D eigenvalue weighted by Crippen LogP contribution is 2.34. The van der Waals surface area contributed by atoms with Crippen LogP contribution in [0.3, 0.4) is 0 Å². The van der Waals surface area contributed by atoms with Gasteiger partial charge in [0.25, 0.3) is 0 Å². The number of nitrogens with zero attached hydrogens (tertiary/aromatic N) is 1. The van der Waals surface area contributed by atoms with Gasteiger partial charge in [-0.15, -0.1) is 0 Å². The molecule has 0 amide bonds. The van der Waals surface area contributed by atoms with Crippen LogP contribution in [-0.4, -0.2) is 32.0 Å². The number of nitrogens with one attached hydrogen (secondary N) is 1. The van der Waals surface area contributed by atoms with Crippen LogP contribution >= 0.6 is 0 Å². The number of carbonyl (C=O) groups is 1. The fourth-order valence-electron chi connectivity index (χ4n) is 3.56. The number of aromatic hydroxyl groups is 1. The number of phenols is 1. The smallest absolute Gasteiger partial charge is 0.349 e. The molecule has 6 nitrogen and oxygen atoms in total. The van der Waals surface area contributed by atoms with E-state index in [-0.39, 0.29) is 17.6 Å². The average Bonchev–Trinajstić information content (AvgIpc) is 2.80. The van der Waals surface area contributed by atoms with Crippen molar-refractivity contribution in [2.45, 2.75) is 52.1 Å². The van der Waals surface area contributed by atoms with E-state index in [4.69, 9.17) is 15.6 Å². The summed E-state index contributed by atoms with van der Waals surface area (Å²) in [5.74, 6) is -0.493. The van der Waals surface area contributed by atoms with Gasteiger partial charge in [-0.1, -0.05) is 55.7 Å². The quantitative estimate of drug-likeness (QED) is 0.396. The first-order chi connectivity index (χ1) is 15.3. The summed E-state index contributed by atoms with van der Waals surface area (Å²) in [5, 5.41) is 34.6. The van der Waals surface area contributed by atoms with Crippen molar-refractivity contribution >= 4 is 22.6 Å². The number of pyridine rings is 1. The molecule has 0 aliphatic heterocycles. The number of aromatic nitrogens is 1. The molecule has 0 unspecified atom stereocenters. The third-order valence-corrected chi connectivity index (χ3v) is 5.39. The average molecular weight is 437 g/mol. The van der Waals surface area contributed by atoms with E-state index in [1.54, 1.807) is 12.1 Å². The number of aliphatic carboxylic acids is 1. The first-order valence-corrected chi connectivity index (χ1v) is 10.9. The molecule has 170 valence electrons. The van der Waals surface area contributed by atoms with Gasteiger partial charge in [-0.05, 0) is 62.4 Å². The standard InChI is InChI=1S/C13H18O2.C10H9N.C3H5NO2/c14-12-8-6-11(7-9-12)13(15)10-4-2-1-3-5-10;1-8-6-7-9-4-2-3-5-10(9)11-8;1-2(4)3(5)6/h6-10,13-15H,1-5H2;2-7H,1H3;4H,1H3,(H,5,6)/t13-;;/m0../s1. The first kappa shape index (κ1) is 25.0. The van der Waals surface area contributed by atoms with Crippen LogP contribution in [0.1, 0.15) is 56.4 Å². The normalized spacial score (nSPS) is 14.3. The lowest BCUT2D eigenvalue weighted by Crippen LogP contribution is -2.15. The number of carboxylic acid groups (broad SMARTS) is 1. The molecular weight excluding hydrogens is 404 g/mol. The fourth-order valence-corrected chi connectivity index (χ4v) is 3.56. The predicted molar refractivity (Wildman–Crippen MR) is 127 cm³/mol. The highest BCUT2D eigenvalue weighted by Gasteiger charge is 2.22. The number of rotatable bonds is 3. The molecule has 1 fully saturated rings. The number of fused-ring (bicyclic) bond motifs is 1. The number of aryl methyl sites for hydroxylation is 1. The molecule has 0 radical (unpaired) electrons. The minimum absolute atomic E-state index is 0.259. The Labute approximate surface area is 189 Å². The number of carboxylic acids is 1. The van der Waals surface area contributed by atoms with Gasteiger partial charge in [0.2, 0.25) is 0 Å². The summed E-state index contributed by atoms with van der Waals surface area (Å²) in [5.41, 5.74) is 2.76. The van der Waals surface area contributed by atoms with Crippen LogP contribution in [0.15, 0.2) is 60.7 Å². The number of hydrogen-bond acceptors (Lipinski definition) is 5. The summed E-state index contributed by atoms with van der Waals surface area (Å²) in [7, 11) is 0. The van der Waals surface area contributed by atoms with Gasteiger partial charge in [0.15, 0.2) is 0 Å². The molecule has 32 heavy (non-hydrogen) atoms. The van der Waals surface area contributed by atoms with E-state index < -0.39 is 5.97 Å². The molecule has 1 saturated carbocycles. The lowest BCUT2D eigenvalue weighted by molar-refractivity contribution is -0.129. The molecule has 1 atom stereocenters. The van der Waals surface area contributed by atoms with E-state index in [1.807, 2.05) is 43.3 Å². The molecule has 1 aliphatic carbocycles. The Morgan fingerprint density at radius 3 is 2.19 bits per heavy atom. The molecule has 0 spiro atoms. The Kier molecular flexibility index (Phi) is 9.82. The second-order valence-electron chi connectivity index (χ2n) is 8.01. The van der Waals surface area contributed by atoms with E-state index in [0.717, 1.165) is 29.6 Å². The van der Waals surface area contributed by atoms with Gasteiger partial charge in [-0.2, -0.15) is 0 Å². The topological polar surface area (TPSA) is 115 Å². The zero-order valence-corrected chi connectivity index (χ0v) is 18.7. The highest BCUT2D eigenvalue weighted by atomic mass is 16.4. The molecule has 1 heterocycles. The van der Waals surface area contributed by atoms with Crippen molar-refractivity contribution in [1.82, 2.24) is 4.98 Å². The zero-order valence-electron chi connectivity index (χ0n) is 18.7. The van der Waals surface area contributed by atoms with Gasteiger partial charge in [0.1, 0.15) is 11.5 Å². The molecule has 4 rings (SSSR count). The second kappa shape index (κ2) is 12.6. The van der Waals surface area contributed by atoms with Crippen molar-refractivity contribution in [3.8, 4) is 5.75 Å². The predicted octanol–water partition coefficient (Wildman–Crippen LogP) is 5.66. The van der Waals surface area contributed by atoms with Crippen molar-refractivity contribution in [3.63, 3.8) is 0 Å². The summed E-state index contributed by atoms with van der Waals surface area (Å²) in [6.45, 7) is 3.23. The van der Waals surface area contributed by atoms with E-state index in [2.05, 4.69) is 17.1 Å². The van der Waals surface area contributed by atoms with Gasteiger partial charge < -0.3 is 15.3 Å². The summed E-state index contributed by atoms with van der Waals surface area (Å²) < 4.78 is 0. The van der Waals surface area contributed by atoms with Gasteiger partial charge in [0, 0.05) is 11.1 Å². The Hall–Kier alpha value is -3.25. The van der Waals surface area contributed by atoms with Crippen LogP contribution in [-0.2, 0) is 4.79 Å². The summed E-state index contributed by atoms with van der Waals surface area (Å²) >= 11 is 0. The van der Waals surface area contributed by atoms with Crippen LogP contribution in [0.2, 0.25) is 0 Å². The number of benzene rings is 2. The number of aliphatic hydroxyl groups is 1. The van der Waals surface area contributed by atoms with Crippen LogP contribution in [0.4, 0.5) is 0 Å². The van der Waals surface area contributed by atoms with Crippen molar-refractivity contribution < 1.29 is 20.1 Å². The van der Waals surface area contributed by atoms with Crippen LogP contribution in [0.5, 0.6) is 5.75 Å². The number of aliphatic hydroxyl groups excluding tert-OH is 1. The molecule has 4 N–H and O–H groups in total. The van der Waals surface area contributed by atoms with Gasteiger partial charge in [-0.25, -0.2) is 4.79 Å². The zero-order chi connectivity index (χ0) is 23.5. The van der Waals surface area contributed by atoms with E-state index in [1.165, 1.54) is 31.6 Å². The van der Waals surface area contributed by atoms with Crippen molar-refractivity contribution in [3.05, 3.63) is 71.9 Å². The molecule has 6 heteroatoms. The molecule has 1 aliphatic rings. The number of para-hydroxylation sites is 1. The van der Waals surface area contributed by atoms with Gasteiger partial charge in [0.05, 0.1) is 11.6 Å². The lowest BCUT2D eigenvalue weighted by Gasteiger charge is -2.26. The lowest BCUT2D eigenvalue weighted by atomic mass is 9.83. The molecule has 0 bridgehead atoms. The first-order valence-electron chi connectivity index (χ1n) is 10.9. The monoisotopic (exact) mass is 436 g/mol. The third-order valence-electron chi connectivity index (χ3n) is 5.39. The maximum atomic E-state index is 10.2. The van der Waals surface area contributed by atoms with Crippen LogP contribution < -0.4 is 0 Å². The van der Waals surface area contributed by atoms with E-state index in [0.29, 0.717) is 5.92 Å². The van der Waals surface area contributed by atoms with Gasteiger partial charge >= 0.3 is 5.97 Å². The minimum Gasteiger partial charge on any atom is -0.508 e. The van der Waals surface area contributed by atoms with E-state index >= 15 is 0 Å². The number of hydrogen-bond donors (Lipinski definition) is 4. The Balaban J connectivity index is 0.000000188. The second-order valence-corrected chi connectivity index (χ2v) is 8.01. The summed E-state index contributed by atoms with van der Waals surface area (Å²) in [6, 6.07) is 19.2. The SMILES string of the molecule is CC(=N)C(=O)O.Cc1ccc2ccccc2n1.Oc1ccc([C@@H](O)C2CCCCC2)cc1. The van der Waals surface area contributed by atoms with Crippen molar-refractivity contribution in [1.29, 1.82) is 5.41 Å². The maximum absolute atomic E-state index is 10.2. The Morgan fingerprint density at radius 2 is 1.59 bits per heavy atom. The van der Waals surface area contributed by atoms with Crippen LogP contribution in [0.25, 0.3) is 10.9 Å². The van der Waals surface area contributed by atoms with Gasteiger partial charge in [-0.3, -0.25) is 10.4 Å². The molecular formula is C26H32N2O4. The molecule has 1 aromatic heterocycles. The fraction of sp³-hybridized carbons (Fsp3) is 0.346. The summed E-state index contributed by atoms with van der Waals surface area (Å²) in [4.78, 5) is 13.9. The minimum atomic E-state index is -1.16. The Morgan fingerprint density at radius 1 is 1.00 bits per heavy atom. The van der Waals surface area contributed by atoms with Crippen molar-refractivity contribution in [2.75, 3.05) is 0 Å². The molecule has 3 aromatic rings. The molecule has 0 saturated heterocycles. The summed E-state index contributed by atoms with van der Waals surface area (Å²) in [6.07, 6.45) is 5.67.